The third-order valence-corrected chi connectivity index (χ3v) is 4.45. The molecule has 1 amide bonds. The maximum Gasteiger partial charge on any atom is 0.416 e. The van der Waals surface area contributed by atoms with Gasteiger partial charge in [-0.05, 0) is 49.4 Å². The van der Waals surface area contributed by atoms with Gasteiger partial charge in [0.2, 0.25) is 0 Å². The van der Waals surface area contributed by atoms with Gasteiger partial charge in [0, 0.05) is 12.6 Å². The van der Waals surface area contributed by atoms with Gasteiger partial charge >= 0.3 is 6.18 Å². The van der Waals surface area contributed by atoms with Gasteiger partial charge in [-0.25, -0.2) is 4.68 Å². The highest BCUT2D eigenvalue weighted by Crippen LogP contribution is 2.31. The molecule has 1 heterocycles. The van der Waals surface area contributed by atoms with E-state index in [1.807, 2.05) is 0 Å². The Morgan fingerprint density at radius 1 is 1.21 bits per heavy atom. The van der Waals surface area contributed by atoms with Crippen LogP contribution in [-0.2, 0) is 30.4 Å². The topological polar surface area (TPSA) is 73.2 Å². The number of hydrogen-bond donors (Lipinski definition) is 1. The molecule has 0 radical (unpaired) electrons. The molecule has 0 unspecified atom stereocenters. The minimum Gasteiger partial charge on any atom is -0.484 e. The summed E-state index contributed by atoms with van der Waals surface area (Å²) in [6.07, 6.45) is -0.673. The van der Waals surface area contributed by atoms with Crippen LogP contribution in [0.15, 0.2) is 35.1 Å². The van der Waals surface area contributed by atoms with Crippen LogP contribution in [0.2, 0.25) is 0 Å². The summed E-state index contributed by atoms with van der Waals surface area (Å²) in [5.74, 6) is -0.541. The van der Waals surface area contributed by atoms with Gasteiger partial charge in [0.25, 0.3) is 11.5 Å². The number of amides is 1. The van der Waals surface area contributed by atoms with E-state index in [2.05, 4.69) is 10.4 Å². The van der Waals surface area contributed by atoms with Crippen molar-refractivity contribution in [3.63, 3.8) is 0 Å². The lowest BCUT2D eigenvalue weighted by Crippen LogP contribution is -2.35. The van der Waals surface area contributed by atoms with Crippen molar-refractivity contribution >= 4 is 5.91 Å². The molecule has 0 saturated heterocycles. The molecule has 1 aliphatic rings. The van der Waals surface area contributed by atoms with Gasteiger partial charge in [-0.1, -0.05) is 6.07 Å². The molecule has 150 valence electrons. The molecule has 9 heteroatoms. The van der Waals surface area contributed by atoms with Crippen LogP contribution in [0.25, 0.3) is 0 Å². The zero-order valence-electron chi connectivity index (χ0n) is 15.1. The molecule has 0 fully saturated rings. The fourth-order valence-corrected chi connectivity index (χ4v) is 3.02. The predicted molar refractivity (Wildman–Crippen MR) is 95.1 cm³/mol. The Balaban J connectivity index is 1.48. The number of alkyl halides is 3. The average Bonchev–Trinajstić information content (AvgIpc) is 2.66. The molecular formula is C19H20F3N3O3. The van der Waals surface area contributed by atoms with Crippen LogP contribution < -0.4 is 15.6 Å². The number of aryl methyl sites for hydroxylation is 2. The first-order valence-corrected chi connectivity index (χ1v) is 8.99. The SMILES string of the molecule is O=C(COc1cccc(C(F)(F)F)c1)NCCn1nc2c(cc1=O)CCCC2. The second-order valence-corrected chi connectivity index (χ2v) is 6.55. The third-order valence-electron chi connectivity index (χ3n) is 4.45. The van der Waals surface area contributed by atoms with Crippen LogP contribution in [0.4, 0.5) is 13.2 Å². The fourth-order valence-electron chi connectivity index (χ4n) is 3.02. The molecule has 0 bridgehead atoms. The first kappa shape index (κ1) is 19.9. The summed E-state index contributed by atoms with van der Waals surface area (Å²) >= 11 is 0. The predicted octanol–water partition coefficient (Wildman–Crippen LogP) is 2.34. The molecule has 0 atom stereocenters. The highest BCUT2D eigenvalue weighted by molar-refractivity contribution is 5.77. The monoisotopic (exact) mass is 395 g/mol. The van der Waals surface area contributed by atoms with E-state index < -0.39 is 24.3 Å². The molecule has 2 aromatic rings. The Morgan fingerprint density at radius 2 is 2.00 bits per heavy atom. The summed E-state index contributed by atoms with van der Waals surface area (Å²) in [6.45, 7) is -0.0499. The van der Waals surface area contributed by atoms with Crippen LogP contribution in [-0.4, -0.2) is 28.8 Å². The van der Waals surface area contributed by atoms with E-state index in [1.165, 1.54) is 16.8 Å². The van der Waals surface area contributed by atoms with Gasteiger partial charge in [0.15, 0.2) is 6.61 Å². The number of nitrogens with one attached hydrogen (secondary N) is 1. The minimum absolute atomic E-state index is 0.0439. The van der Waals surface area contributed by atoms with Crippen LogP contribution in [0.3, 0.4) is 0 Å². The molecular weight excluding hydrogens is 375 g/mol. The van der Waals surface area contributed by atoms with Crippen LogP contribution in [0, 0.1) is 0 Å². The van der Waals surface area contributed by atoms with Gasteiger partial charge in [-0.2, -0.15) is 18.3 Å². The maximum atomic E-state index is 12.7. The van der Waals surface area contributed by atoms with E-state index >= 15 is 0 Å². The zero-order chi connectivity index (χ0) is 20.1. The van der Waals surface area contributed by atoms with Crippen molar-refractivity contribution in [1.82, 2.24) is 15.1 Å². The second kappa shape index (κ2) is 8.45. The molecule has 0 spiro atoms. The first-order valence-electron chi connectivity index (χ1n) is 8.99. The largest absolute Gasteiger partial charge is 0.484 e. The maximum absolute atomic E-state index is 12.7. The number of aromatic nitrogens is 2. The Labute approximate surface area is 159 Å². The lowest BCUT2D eigenvalue weighted by molar-refractivity contribution is -0.137. The zero-order valence-corrected chi connectivity index (χ0v) is 15.1. The van der Waals surface area contributed by atoms with Gasteiger partial charge in [-0.3, -0.25) is 9.59 Å². The summed E-state index contributed by atoms with van der Waals surface area (Å²) in [6, 6.07) is 5.92. The van der Waals surface area contributed by atoms with Crippen LogP contribution >= 0.6 is 0 Å². The first-order chi connectivity index (χ1) is 13.3. The summed E-state index contributed by atoms with van der Waals surface area (Å²) in [4.78, 5) is 23.9. The number of carbonyl (C=O) groups is 1. The van der Waals surface area contributed by atoms with E-state index in [1.54, 1.807) is 6.07 Å². The highest BCUT2D eigenvalue weighted by Gasteiger charge is 2.30. The van der Waals surface area contributed by atoms with Gasteiger partial charge in [0.05, 0.1) is 17.8 Å². The Kier molecular flexibility index (Phi) is 6.01. The standard InChI is InChI=1S/C19H20F3N3O3/c20-19(21,22)14-5-3-6-15(11-14)28-12-17(26)23-8-9-25-18(27)10-13-4-1-2-7-16(13)24-25/h3,5-6,10-11H,1-2,4,7-9,12H2,(H,23,26). The van der Waals surface area contributed by atoms with Crippen LogP contribution in [0.5, 0.6) is 5.75 Å². The molecule has 3 rings (SSSR count). The van der Waals surface area contributed by atoms with Gasteiger partial charge in [-0.15, -0.1) is 0 Å². The number of hydrogen-bond acceptors (Lipinski definition) is 4. The average molecular weight is 395 g/mol. The molecule has 1 aromatic heterocycles. The number of fused-ring (bicyclic) bond motifs is 1. The second-order valence-electron chi connectivity index (χ2n) is 6.55. The number of benzene rings is 1. The molecule has 0 saturated carbocycles. The Morgan fingerprint density at radius 3 is 2.79 bits per heavy atom. The van der Waals surface area contributed by atoms with Crippen molar-refractivity contribution in [1.29, 1.82) is 0 Å². The summed E-state index contributed by atoms with van der Waals surface area (Å²) in [7, 11) is 0. The Bertz CT molecular complexity index is 909. The van der Waals surface area contributed by atoms with E-state index in [9.17, 15) is 22.8 Å². The Hall–Kier alpha value is -2.84. The lowest BCUT2D eigenvalue weighted by Gasteiger charge is -2.16. The smallest absolute Gasteiger partial charge is 0.416 e. The highest BCUT2D eigenvalue weighted by atomic mass is 19.4. The molecule has 1 aliphatic carbocycles. The molecule has 0 aliphatic heterocycles. The summed E-state index contributed by atoms with van der Waals surface area (Å²) in [5, 5.41) is 6.92. The number of nitrogens with zero attached hydrogens (tertiary/aromatic N) is 2. The minimum atomic E-state index is -4.48. The number of ether oxygens (including phenoxy) is 1. The van der Waals surface area contributed by atoms with Crippen molar-refractivity contribution < 1.29 is 22.7 Å². The number of rotatable bonds is 6. The van der Waals surface area contributed by atoms with E-state index in [0.29, 0.717) is 0 Å². The van der Waals surface area contributed by atoms with Crippen molar-refractivity contribution in [2.75, 3.05) is 13.2 Å². The normalized spacial score (nSPS) is 13.7. The van der Waals surface area contributed by atoms with Crippen molar-refractivity contribution in [2.24, 2.45) is 0 Å². The quantitative estimate of drug-likeness (QED) is 0.815. The molecule has 6 nitrogen and oxygen atoms in total. The number of halogens is 3. The van der Waals surface area contributed by atoms with E-state index in [-0.39, 0.29) is 24.4 Å². The van der Waals surface area contributed by atoms with E-state index in [4.69, 9.17) is 4.74 Å². The van der Waals surface area contributed by atoms with E-state index in [0.717, 1.165) is 49.1 Å². The van der Waals surface area contributed by atoms with Crippen molar-refractivity contribution in [3.05, 3.63) is 57.5 Å². The van der Waals surface area contributed by atoms with Crippen molar-refractivity contribution in [2.45, 2.75) is 38.4 Å². The van der Waals surface area contributed by atoms with Crippen LogP contribution in [0.1, 0.15) is 29.7 Å². The molecule has 1 N–H and O–H groups in total. The van der Waals surface area contributed by atoms with Gasteiger partial charge < -0.3 is 10.1 Å². The molecule has 28 heavy (non-hydrogen) atoms. The summed E-state index contributed by atoms with van der Waals surface area (Å²) in [5.41, 5.74) is 0.856. The van der Waals surface area contributed by atoms with Crippen molar-refractivity contribution in [3.8, 4) is 5.75 Å². The van der Waals surface area contributed by atoms with Gasteiger partial charge in [0.1, 0.15) is 5.75 Å². The third kappa shape index (κ3) is 5.11. The summed E-state index contributed by atoms with van der Waals surface area (Å²) < 4.78 is 44.4. The lowest BCUT2D eigenvalue weighted by atomic mass is 9.97. The number of carbonyl (C=O) groups excluding carboxylic acids is 1. The molecule has 1 aromatic carbocycles. The fraction of sp³-hybridized carbons (Fsp3) is 0.421.